The average Bonchev–Trinajstić information content (AvgIpc) is 2.36. The molecule has 1 heterocycles. The number of hydrogen-bond acceptors (Lipinski definition) is 3. The maximum Gasteiger partial charge on any atom is 0.485 e. The van der Waals surface area contributed by atoms with Gasteiger partial charge in [-0.05, 0) is 32.1 Å². The molecule has 0 radical (unpaired) electrons. The topological polar surface area (TPSA) is 61.6 Å². The van der Waals surface area contributed by atoms with E-state index in [-0.39, 0.29) is 0 Å². The summed E-state index contributed by atoms with van der Waals surface area (Å²) in [6.45, 7) is 7.51. The molecule has 1 N–H and O–H groups in total. The zero-order valence-corrected chi connectivity index (χ0v) is 13.5. The van der Waals surface area contributed by atoms with Crippen LogP contribution >= 0.6 is 0 Å². The zero-order chi connectivity index (χ0) is 16.5. The minimum atomic E-state index is -6.09. The molecule has 0 bridgehead atoms. The van der Waals surface area contributed by atoms with E-state index < -0.39 is 15.6 Å². The Hall–Kier alpha value is -0.340. The van der Waals surface area contributed by atoms with E-state index in [2.05, 4.69) is 13.8 Å². The molecular weight excluding hydrogens is 307 g/mol. The zero-order valence-electron chi connectivity index (χ0n) is 12.7. The standard InChI is InChI=1S/C12H25N.CHF3O3S/c1-3-5-10-13-11-7-6-9-12(13)8-4-2;2-1(3,4)8(5,6)7/h12H,3-11H2,1-2H3;(H,5,6,7). The van der Waals surface area contributed by atoms with E-state index in [0.717, 1.165) is 6.04 Å². The van der Waals surface area contributed by atoms with Crippen LogP contribution in [0.25, 0.3) is 0 Å². The Labute approximate surface area is 125 Å². The Balaban J connectivity index is 0.000000433. The fourth-order valence-electron chi connectivity index (χ4n) is 2.58. The quantitative estimate of drug-likeness (QED) is 0.619. The van der Waals surface area contributed by atoms with Gasteiger partial charge < -0.3 is 9.45 Å². The molecular formula is C13H26F3NO3S. The first-order valence-electron chi connectivity index (χ1n) is 7.50. The highest BCUT2D eigenvalue weighted by Gasteiger charge is 2.36. The third-order valence-corrected chi connectivity index (χ3v) is 4.22. The second kappa shape index (κ2) is 9.63. The summed E-state index contributed by atoms with van der Waals surface area (Å²) in [5.41, 5.74) is -5.65. The van der Waals surface area contributed by atoms with Crippen LogP contribution in [0.4, 0.5) is 13.2 Å². The molecule has 0 aliphatic carbocycles. The van der Waals surface area contributed by atoms with Crippen LogP contribution in [0.5, 0.6) is 0 Å². The second-order valence-corrected chi connectivity index (χ2v) is 6.76. The van der Waals surface area contributed by atoms with Crippen molar-refractivity contribution in [2.75, 3.05) is 13.1 Å². The van der Waals surface area contributed by atoms with Crippen LogP contribution in [0, 0.1) is 0 Å². The Morgan fingerprint density at radius 3 is 2.19 bits per heavy atom. The van der Waals surface area contributed by atoms with Gasteiger partial charge in [-0.25, -0.2) is 8.42 Å². The van der Waals surface area contributed by atoms with Crippen molar-refractivity contribution in [3.05, 3.63) is 0 Å². The van der Waals surface area contributed by atoms with Crippen molar-refractivity contribution >= 4 is 10.1 Å². The molecule has 4 nitrogen and oxygen atoms in total. The summed E-state index contributed by atoms with van der Waals surface area (Å²) in [5.74, 6) is 0. The van der Waals surface area contributed by atoms with Gasteiger partial charge in [0.05, 0.1) is 19.1 Å². The molecule has 0 aromatic heterocycles. The van der Waals surface area contributed by atoms with Crippen LogP contribution in [-0.2, 0) is 10.1 Å². The first-order chi connectivity index (χ1) is 9.63. The Bertz CT molecular complexity index is 369. The molecule has 1 aliphatic heterocycles. The predicted molar refractivity (Wildman–Crippen MR) is 73.9 cm³/mol. The van der Waals surface area contributed by atoms with E-state index >= 15 is 0 Å². The fraction of sp³-hybridized carbons (Fsp3) is 1.00. The number of piperidine rings is 1. The first-order valence-corrected chi connectivity index (χ1v) is 8.91. The van der Waals surface area contributed by atoms with Crippen molar-refractivity contribution in [3.63, 3.8) is 0 Å². The van der Waals surface area contributed by atoms with E-state index in [9.17, 15) is 13.2 Å². The lowest BCUT2D eigenvalue weighted by atomic mass is 9.98. The van der Waals surface area contributed by atoms with Gasteiger partial charge in [0.25, 0.3) is 0 Å². The average molecular weight is 333 g/mol. The number of likely N-dealkylation sites (tertiary alicyclic amines) is 1. The lowest BCUT2D eigenvalue weighted by Gasteiger charge is -2.32. The van der Waals surface area contributed by atoms with Gasteiger partial charge in [-0.2, -0.15) is 13.2 Å². The normalized spacial score (nSPS) is 23.3. The number of rotatable bonds is 5. The molecule has 2 atom stereocenters. The van der Waals surface area contributed by atoms with Crippen molar-refractivity contribution in [2.24, 2.45) is 0 Å². The summed E-state index contributed by atoms with van der Waals surface area (Å²) in [6, 6.07) is 1.00. The summed E-state index contributed by atoms with van der Waals surface area (Å²) in [6.07, 6.45) is 10.1. The number of hydrogen-bond donors (Lipinski definition) is 1. The van der Waals surface area contributed by atoms with Crippen LogP contribution in [0.15, 0.2) is 0 Å². The molecule has 128 valence electrons. The van der Waals surface area contributed by atoms with E-state index in [1.165, 1.54) is 58.0 Å². The monoisotopic (exact) mass is 333 g/mol. The van der Waals surface area contributed by atoms with Crippen molar-refractivity contribution in [3.8, 4) is 0 Å². The number of alkyl halides is 3. The highest BCUT2D eigenvalue weighted by Crippen LogP contribution is 2.20. The highest BCUT2D eigenvalue weighted by molar-refractivity contribution is 7.86. The van der Waals surface area contributed by atoms with Crippen LogP contribution < -0.4 is 4.90 Å². The minimum absolute atomic E-state index is 1.00. The first kappa shape index (κ1) is 20.7. The summed E-state index contributed by atoms with van der Waals surface area (Å²) < 4.78 is 58.9. The molecule has 0 spiro atoms. The van der Waals surface area contributed by atoms with Crippen molar-refractivity contribution in [2.45, 2.75) is 70.3 Å². The lowest BCUT2D eigenvalue weighted by Crippen LogP contribution is -3.16. The van der Waals surface area contributed by atoms with Gasteiger partial charge in [-0.3, -0.25) is 0 Å². The molecule has 1 aliphatic rings. The number of unbranched alkanes of at least 4 members (excludes halogenated alkanes) is 1. The van der Waals surface area contributed by atoms with Gasteiger partial charge in [0.15, 0.2) is 10.1 Å². The van der Waals surface area contributed by atoms with Gasteiger partial charge in [0.1, 0.15) is 0 Å². The molecule has 2 unspecified atom stereocenters. The smallest absolute Gasteiger partial charge is 0.485 e. The SMILES string of the molecule is CCCC[NH+]1CCCCC1CCC.O=S(=O)([O-])C(F)(F)F. The van der Waals surface area contributed by atoms with Crippen molar-refractivity contribution in [1.82, 2.24) is 0 Å². The maximum atomic E-state index is 10.7. The molecule has 0 saturated carbocycles. The molecule has 0 amide bonds. The van der Waals surface area contributed by atoms with Gasteiger partial charge in [-0.1, -0.05) is 26.7 Å². The Kier molecular flexibility index (Phi) is 9.48. The molecule has 0 aromatic rings. The second-order valence-electron chi connectivity index (χ2n) is 5.39. The van der Waals surface area contributed by atoms with Gasteiger partial charge in [-0.15, -0.1) is 0 Å². The molecule has 1 fully saturated rings. The lowest BCUT2D eigenvalue weighted by molar-refractivity contribution is -0.931. The number of quaternary nitrogens is 1. The Morgan fingerprint density at radius 1 is 1.19 bits per heavy atom. The fourth-order valence-corrected chi connectivity index (χ4v) is 2.58. The third kappa shape index (κ3) is 8.63. The maximum absolute atomic E-state index is 10.7. The molecule has 0 aromatic carbocycles. The van der Waals surface area contributed by atoms with Crippen LogP contribution in [0.3, 0.4) is 0 Å². The van der Waals surface area contributed by atoms with E-state index in [1.807, 2.05) is 4.90 Å². The Morgan fingerprint density at radius 2 is 1.76 bits per heavy atom. The van der Waals surface area contributed by atoms with Gasteiger partial charge in [0, 0.05) is 0 Å². The van der Waals surface area contributed by atoms with Crippen LogP contribution in [0.2, 0.25) is 0 Å². The van der Waals surface area contributed by atoms with E-state index in [4.69, 9.17) is 13.0 Å². The third-order valence-electron chi connectivity index (χ3n) is 3.65. The number of nitrogens with one attached hydrogen (secondary N) is 1. The van der Waals surface area contributed by atoms with Crippen LogP contribution in [-0.4, -0.2) is 37.6 Å². The van der Waals surface area contributed by atoms with E-state index in [1.54, 1.807) is 0 Å². The van der Waals surface area contributed by atoms with Gasteiger partial charge >= 0.3 is 5.51 Å². The summed E-state index contributed by atoms with van der Waals surface area (Å²) in [5, 5.41) is 0. The molecule has 1 saturated heterocycles. The molecule has 8 heteroatoms. The largest absolute Gasteiger partial charge is 0.741 e. The summed E-state index contributed by atoms with van der Waals surface area (Å²) >= 11 is 0. The van der Waals surface area contributed by atoms with Gasteiger partial charge in [0.2, 0.25) is 0 Å². The van der Waals surface area contributed by atoms with Crippen molar-refractivity contribution in [1.29, 1.82) is 0 Å². The predicted octanol–water partition coefficient (Wildman–Crippen LogP) is 2.08. The summed E-state index contributed by atoms with van der Waals surface area (Å²) in [4.78, 5) is 1.91. The van der Waals surface area contributed by atoms with Crippen LogP contribution in [0.1, 0.15) is 58.8 Å². The number of halogens is 3. The van der Waals surface area contributed by atoms with E-state index in [0.29, 0.717) is 0 Å². The van der Waals surface area contributed by atoms with Crippen molar-refractivity contribution < 1.29 is 31.0 Å². The molecule has 21 heavy (non-hydrogen) atoms. The summed E-state index contributed by atoms with van der Waals surface area (Å²) in [7, 11) is -6.09. The minimum Gasteiger partial charge on any atom is -0.741 e. The highest BCUT2D eigenvalue weighted by atomic mass is 32.2. The molecule has 1 rings (SSSR count).